The number of carbonyl (C=O) groups is 1. The van der Waals surface area contributed by atoms with Crippen LogP contribution in [0.5, 0.6) is 0 Å². The lowest BCUT2D eigenvalue weighted by Crippen LogP contribution is -2.38. The maximum absolute atomic E-state index is 12.5. The van der Waals surface area contributed by atoms with Crippen molar-refractivity contribution in [1.29, 1.82) is 0 Å². The lowest BCUT2D eigenvalue weighted by molar-refractivity contribution is -0.138. The van der Waals surface area contributed by atoms with E-state index in [9.17, 15) is 18.0 Å². The molecule has 0 unspecified atom stereocenters. The minimum atomic E-state index is -4.45. The summed E-state index contributed by atoms with van der Waals surface area (Å²) in [5.41, 5.74) is 0. The Morgan fingerprint density at radius 1 is 1.29 bits per heavy atom. The van der Waals surface area contributed by atoms with Crippen molar-refractivity contribution in [3.8, 4) is 0 Å². The molecule has 21 heavy (non-hydrogen) atoms. The molecule has 6 nitrogen and oxygen atoms in total. The van der Waals surface area contributed by atoms with Crippen LogP contribution in [0.15, 0.2) is 0 Å². The first-order chi connectivity index (χ1) is 9.90. The molecule has 1 amide bonds. The van der Waals surface area contributed by atoms with Crippen molar-refractivity contribution in [2.24, 2.45) is 0 Å². The molecule has 2 heterocycles. The van der Waals surface area contributed by atoms with Crippen LogP contribution in [-0.4, -0.2) is 60.8 Å². The Balaban J connectivity index is 1.96. The van der Waals surface area contributed by atoms with E-state index in [2.05, 4.69) is 15.5 Å². The topological polar surface area (TPSA) is 61.4 Å². The van der Waals surface area contributed by atoms with Crippen LogP contribution in [0.3, 0.4) is 0 Å². The Hall–Kier alpha value is -1.42. The van der Waals surface area contributed by atoms with E-state index in [1.54, 1.807) is 11.9 Å². The summed E-state index contributed by atoms with van der Waals surface area (Å²) < 4.78 is 37.6. The van der Waals surface area contributed by atoms with E-state index >= 15 is 0 Å². The zero-order valence-electron chi connectivity index (χ0n) is 11.5. The summed E-state index contributed by atoms with van der Waals surface area (Å²) in [4.78, 5) is 15.1. The number of nitrogens with zero attached hydrogens (tertiary/aromatic N) is 4. The first kappa shape index (κ1) is 16.0. The van der Waals surface area contributed by atoms with Crippen molar-refractivity contribution in [3.63, 3.8) is 0 Å². The molecule has 0 aromatic carbocycles. The molecular weight excluding hydrogens is 307 g/mol. The maximum atomic E-state index is 12.5. The zero-order chi connectivity index (χ0) is 15.5. The maximum Gasteiger partial charge on any atom is 0.445 e. The largest absolute Gasteiger partial charge is 0.445 e. The molecule has 1 aromatic rings. The third kappa shape index (κ3) is 4.27. The van der Waals surface area contributed by atoms with Gasteiger partial charge >= 0.3 is 6.18 Å². The summed E-state index contributed by atoms with van der Waals surface area (Å²) >= 11 is 0.556. The van der Waals surface area contributed by atoms with E-state index in [0.717, 1.165) is 13.0 Å². The number of hydrogen-bond donors (Lipinski definition) is 1. The molecule has 1 aliphatic rings. The van der Waals surface area contributed by atoms with Crippen LogP contribution in [0.25, 0.3) is 0 Å². The zero-order valence-corrected chi connectivity index (χ0v) is 12.3. The van der Waals surface area contributed by atoms with Gasteiger partial charge in [-0.25, -0.2) is 0 Å². The average Bonchev–Trinajstić information content (AvgIpc) is 2.81. The third-order valence-corrected chi connectivity index (χ3v) is 4.19. The second kappa shape index (κ2) is 6.56. The summed E-state index contributed by atoms with van der Waals surface area (Å²) in [6.45, 7) is 2.78. The monoisotopic (exact) mass is 323 g/mol. The molecule has 0 spiro atoms. The van der Waals surface area contributed by atoms with Gasteiger partial charge in [0.2, 0.25) is 16.0 Å². The second-order valence-corrected chi connectivity index (χ2v) is 5.63. The number of likely N-dealkylation sites (N-methyl/N-ethyl adjacent to an activating group) is 1. The number of amides is 1. The fourth-order valence-corrected chi connectivity index (χ4v) is 2.82. The molecule has 0 saturated carbocycles. The fourth-order valence-electron chi connectivity index (χ4n) is 2.06. The molecule has 0 radical (unpaired) electrons. The molecule has 1 saturated heterocycles. The van der Waals surface area contributed by atoms with Crippen molar-refractivity contribution in [3.05, 3.63) is 5.01 Å². The Morgan fingerprint density at radius 3 is 2.67 bits per heavy atom. The molecular formula is C11H16F3N5OS. The number of alkyl halides is 3. The number of nitrogens with one attached hydrogen (secondary N) is 1. The normalized spacial score (nSPS) is 17.6. The van der Waals surface area contributed by atoms with Crippen LogP contribution in [0.1, 0.15) is 11.4 Å². The third-order valence-electron chi connectivity index (χ3n) is 3.16. The van der Waals surface area contributed by atoms with Crippen LogP contribution in [0.2, 0.25) is 0 Å². The first-order valence-corrected chi connectivity index (χ1v) is 7.30. The molecule has 2 rings (SSSR count). The van der Waals surface area contributed by atoms with Gasteiger partial charge in [0, 0.05) is 33.2 Å². The highest BCUT2D eigenvalue weighted by molar-refractivity contribution is 7.15. The molecule has 1 fully saturated rings. The number of anilines is 1. The van der Waals surface area contributed by atoms with Gasteiger partial charge in [0.1, 0.15) is 0 Å². The van der Waals surface area contributed by atoms with Crippen LogP contribution < -0.4 is 10.2 Å². The number of halogens is 3. The van der Waals surface area contributed by atoms with E-state index in [4.69, 9.17) is 0 Å². The van der Waals surface area contributed by atoms with Gasteiger partial charge in [-0.15, -0.1) is 10.2 Å². The van der Waals surface area contributed by atoms with E-state index < -0.39 is 11.2 Å². The summed E-state index contributed by atoms with van der Waals surface area (Å²) in [5.74, 6) is -0.0706. The molecule has 1 aliphatic heterocycles. The summed E-state index contributed by atoms with van der Waals surface area (Å²) in [6.07, 6.45) is -3.69. The molecule has 0 atom stereocenters. The smallest absolute Gasteiger partial charge is 0.358 e. The van der Waals surface area contributed by atoms with Crippen LogP contribution in [0.4, 0.5) is 18.3 Å². The molecule has 1 N–H and O–H groups in total. The van der Waals surface area contributed by atoms with E-state index in [-0.39, 0.29) is 11.0 Å². The summed E-state index contributed by atoms with van der Waals surface area (Å²) in [6, 6.07) is 0. The molecule has 0 aliphatic carbocycles. The minimum absolute atomic E-state index is 0.0706. The fraction of sp³-hybridized carbons (Fsp3) is 0.727. The Kier molecular flexibility index (Phi) is 4.99. The van der Waals surface area contributed by atoms with Gasteiger partial charge in [-0.2, -0.15) is 13.2 Å². The Morgan fingerprint density at radius 2 is 2.05 bits per heavy atom. The summed E-state index contributed by atoms with van der Waals surface area (Å²) in [5, 5.41) is 8.74. The highest BCUT2D eigenvalue weighted by atomic mass is 32.1. The van der Waals surface area contributed by atoms with Gasteiger partial charge in [-0.1, -0.05) is 11.3 Å². The number of rotatable bonds is 3. The van der Waals surface area contributed by atoms with Gasteiger partial charge in [0.25, 0.3) is 0 Å². The van der Waals surface area contributed by atoms with Crippen molar-refractivity contribution >= 4 is 22.4 Å². The SMILES string of the molecule is CNC(=O)CN1CCCN(c2nnc(C(F)(F)F)s2)CC1. The van der Waals surface area contributed by atoms with Crippen LogP contribution >= 0.6 is 11.3 Å². The quantitative estimate of drug-likeness (QED) is 0.892. The molecule has 0 bridgehead atoms. The lowest BCUT2D eigenvalue weighted by atomic mass is 10.4. The van der Waals surface area contributed by atoms with Gasteiger partial charge < -0.3 is 10.2 Å². The van der Waals surface area contributed by atoms with Crippen LogP contribution in [-0.2, 0) is 11.0 Å². The van der Waals surface area contributed by atoms with Crippen LogP contribution in [0, 0.1) is 0 Å². The summed E-state index contributed by atoms with van der Waals surface area (Å²) in [7, 11) is 1.58. The lowest BCUT2D eigenvalue weighted by Gasteiger charge is -2.20. The van der Waals surface area contributed by atoms with Gasteiger partial charge in [-0.05, 0) is 6.42 Å². The predicted molar refractivity (Wildman–Crippen MR) is 72.2 cm³/mol. The van der Waals surface area contributed by atoms with Crippen molar-refractivity contribution < 1.29 is 18.0 Å². The minimum Gasteiger partial charge on any atom is -0.358 e. The standard InChI is InChI=1S/C11H16F3N5OS/c1-15-8(20)7-18-3-2-4-19(6-5-18)10-17-16-9(21-10)11(12,13)14/h2-7H2,1H3,(H,15,20). The van der Waals surface area contributed by atoms with Crippen molar-refractivity contribution in [2.45, 2.75) is 12.6 Å². The highest BCUT2D eigenvalue weighted by Crippen LogP contribution is 2.34. The van der Waals surface area contributed by atoms with Crippen molar-refractivity contribution in [2.75, 3.05) is 44.7 Å². The van der Waals surface area contributed by atoms with E-state index in [0.29, 0.717) is 37.5 Å². The molecule has 10 heteroatoms. The second-order valence-electron chi connectivity index (χ2n) is 4.68. The number of hydrogen-bond acceptors (Lipinski definition) is 6. The average molecular weight is 323 g/mol. The first-order valence-electron chi connectivity index (χ1n) is 6.48. The molecule has 118 valence electrons. The van der Waals surface area contributed by atoms with Crippen molar-refractivity contribution in [1.82, 2.24) is 20.4 Å². The predicted octanol–water partition coefficient (Wildman–Crippen LogP) is 0.815. The van der Waals surface area contributed by atoms with Gasteiger partial charge in [0.15, 0.2) is 0 Å². The number of aromatic nitrogens is 2. The van der Waals surface area contributed by atoms with Gasteiger partial charge in [-0.3, -0.25) is 9.69 Å². The molecule has 1 aromatic heterocycles. The number of carbonyl (C=O) groups excluding carboxylic acids is 1. The van der Waals surface area contributed by atoms with E-state index in [1.807, 2.05) is 4.90 Å². The van der Waals surface area contributed by atoms with E-state index in [1.165, 1.54) is 0 Å². The van der Waals surface area contributed by atoms with Gasteiger partial charge in [0.05, 0.1) is 6.54 Å². The Bertz CT molecular complexity index is 492. The highest BCUT2D eigenvalue weighted by Gasteiger charge is 2.36. The Labute approximate surface area is 123 Å².